The Morgan fingerprint density at radius 2 is 2.00 bits per heavy atom. The predicted molar refractivity (Wildman–Crippen MR) is 59.2 cm³/mol. The van der Waals surface area contributed by atoms with Gasteiger partial charge in [-0.05, 0) is 33.6 Å². The van der Waals surface area contributed by atoms with Gasteiger partial charge in [-0.25, -0.2) is 9.69 Å². The van der Waals surface area contributed by atoms with Gasteiger partial charge in [0, 0.05) is 6.42 Å². The van der Waals surface area contributed by atoms with Gasteiger partial charge in [0.05, 0.1) is 6.54 Å². The highest BCUT2D eigenvalue weighted by molar-refractivity contribution is 6.16. The molecule has 2 rings (SSSR count). The summed E-state index contributed by atoms with van der Waals surface area (Å²) < 4.78 is 5.10. The smallest absolute Gasteiger partial charge is 0.417 e. The lowest BCUT2D eigenvalue weighted by Crippen LogP contribution is -2.65. The van der Waals surface area contributed by atoms with Crippen molar-refractivity contribution in [1.29, 1.82) is 0 Å². The number of amides is 2. The highest BCUT2D eigenvalue weighted by atomic mass is 16.6. The molecule has 0 aromatic carbocycles. The van der Waals surface area contributed by atoms with E-state index in [0.29, 0.717) is 12.8 Å². The maximum Gasteiger partial charge on any atom is 0.417 e. The average Bonchev–Trinajstić information content (AvgIpc) is 2.55. The Balaban J connectivity index is 2.03. The standard InChI is InChI=1S/C12H17NO4/c1-11(2,3)17-10(16)13-7-12(9(13)15)6-4-5-8(12)14/h4-7H2,1-3H3. The van der Waals surface area contributed by atoms with Gasteiger partial charge in [-0.3, -0.25) is 9.59 Å². The van der Waals surface area contributed by atoms with Gasteiger partial charge in [0.25, 0.3) is 0 Å². The van der Waals surface area contributed by atoms with Crippen LogP contribution in [0, 0.1) is 5.41 Å². The normalized spacial score (nSPS) is 28.5. The number of carbonyl (C=O) groups excluding carboxylic acids is 3. The maximum absolute atomic E-state index is 11.9. The van der Waals surface area contributed by atoms with E-state index in [-0.39, 0.29) is 18.2 Å². The molecule has 1 saturated carbocycles. The minimum atomic E-state index is -0.892. The van der Waals surface area contributed by atoms with Crippen LogP contribution >= 0.6 is 0 Å². The third kappa shape index (κ3) is 1.83. The van der Waals surface area contributed by atoms with Crippen LogP contribution < -0.4 is 0 Å². The van der Waals surface area contributed by atoms with E-state index in [1.165, 1.54) is 0 Å². The summed E-state index contributed by atoms with van der Waals surface area (Å²) in [5.41, 5.74) is -1.52. The molecule has 0 radical (unpaired) electrons. The topological polar surface area (TPSA) is 63.7 Å². The van der Waals surface area contributed by atoms with Crippen LogP contribution in [0.3, 0.4) is 0 Å². The molecule has 1 saturated heterocycles. The molecule has 5 nitrogen and oxygen atoms in total. The third-order valence-corrected chi connectivity index (χ3v) is 3.24. The van der Waals surface area contributed by atoms with Gasteiger partial charge in [0.2, 0.25) is 5.91 Å². The fraction of sp³-hybridized carbons (Fsp3) is 0.750. The predicted octanol–water partition coefficient (Wildman–Crippen LogP) is 1.50. The first-order chi connectivity index (χ1) is 7.76. The fourth-order valence-corrected chi connectivity index (χ4v) is 2.36. The van der Waals surface area contributed by atoms with E-state index < -0.39 is 17.1 Å². The summed E-state index contributed by atoms with van der Waals surface area (Å²) in [6.45, 7) is 5.42. The lowest BCUT2D eigenvalue weighted by atomic mass is 9.76. The Morgan fingerprint density at radius 1 is 1.35 bits per heavy atom. The Morgan fingerprint density at radius 3 is 2.41 bits per heavy atom. The van der Waals surface area contributed by atoms with Crippen molar-refractivity contribution in [1.82, 2.24) is 4.90 Å². The van der Waals surface area contributed by atoms with E-state index in [4.69, 9.17) is 4.74 Å². The number of Topliss-reactive ketones (excluding diaryl/α,β-unsaturated/α-hetero) is 1. The molecule has 2 amide bonds. The van der Waals surface area contributed by atoms with Crippen LogP contribution in [0.15, 0.2) is 0 Å². The lowest BCUT2D eigenvalue weighted by Gasteiger charge is -2.43. The summed E-state index contributed by atoms with van der Waals surface area (Å²) in [5, 5.41) is 0. The van der Waals surface area contributed by atoms with Crippen molar-refractivity contribution in [3.63, 3.8) is 0 Å². The quantitative estimate of drug-likeness (QED) is 0.474. The monoisotopic (exact) mass is 239 g/mol. The molecular weight excluding hydrogens is 222 g/mol. The molecule has 2 aliphatic rings. The summed E-state index contributed by atoms with van der Waals surface area (Å²) in [4.78, 5) is 36.3. The molecule has 5 heteroatoms. The van der Waals surface area contributed by atoms with Gasteiger partial charge >= 0.3 is 6.09 Å². The highest BCUT2D eigenvalue weighted by Crippen LogP contribution is 2.44. The number of likely N-dealkylation sites (tertiary alicyclic amines) is 1. The van der Waals surface area contributed by atoms with Crippen molar-refractivity contribution >= 4 is 17.8 Å². The van der Waals surface area contributed by atoms with E-state index in [0.717, 1.165) is 11.3 Å². The van der Waals surface area contributed by atoms with Crippen LogP contribution in [0.25, 0.3) is 0 Å². The molecule has 0 N–H and O–H groups in total. The molecule has 1 heterocycles. The molecule has 0 aromatic heterocycles. The maximum atomic E-state index is 11.9. The van der Waals surface area contributed by atoms with Crippen LogP contribution in [-0.2, 0) is 14.3 Å². The van der Waals surface area contributed by atoms with Crippen LogP contribution in [-0.4, -0.2) is 34.8 Å². The number of hydrogen-bond donors (Lipinski definition) is 0. The number of rotatable bonds is 0. The number of carbonyl (C=O) groups is 3. The summed E-state index contributed by atoms with van der Waals surface area (Å²) in [5.74, 6) is -0.406. The molecule has 0 bridgehead atoms. The average molecular weight is 239 g/mol. The Bertz CT molecular complexity index is 396. The zero-order valence-electron chi connectivity index (χ0n) is 10.4. The summed E-state index contributed by atoms with van der Waals surface area (Å²) >= 11 is 0. The second-order valence-corrected chi connectivity index (χ2v) is 5.73. The van der Waals surface area contributed by atoms with Crippen LogP contribution in [0.2, 0.25) is 0 Å². The summed E-state index contributed by atoms with van der Waals surface area (Å²) in [6, 6.07) is 0. The Hall–Kier alpha value is -1.39. The van der Waals surface area contributed by atoms with Crippen molar-refractivity contribution in [2.75, 3.05) is 6.54 Å². The molecule has 1 aliphatic carbocycles. The fourth-order valence-electron chi connectivity index (χ4n) is 2.36. The molecule has 2 fully saturated rings. The number of nitrogens with zero attached hydrogens (tertiary/aromatic N) is 1. The number of ether oxygens (including phenoxy) is 1. The van der Waals surface area contributed by atoms with E-state index in [9.17, 15) is 14.4 Å². The van der Waals surface area contributed by atoms with Crippen molar-refractivity contribution in [3.05, 3.63) is 0 Å². The lowest BCUT2D eigenvalue weighted by molar-refractivity contribution is -0.162. The molecule has 1 aliphatic heterocycles. The van der Waals surface area contributed by atoms with Crippen LogP contribution in [0.1, 0.15) is 40.0 Å². The molecule has 1 unspecified atom stereocenters. The first-order valence-corrected chi connectivity index (χ1v) is 5.84. The summed E-state index contributed by atoms with van der Waals surface area (Å²) in [6.07, 6.45) is 1.12. The Labute approximate surface area is 100 Å². The van der Waals surface area contributed by atoms with E-state index in [2.05, 4.69) is 0 Å². The van der Waals surface area contributed by atoms with Gasteiger partial charge in [-0.2, -0.15) is 0 Å². The van der Waals surface area contributed by atoms with E-state index in [1.54, 1.807) is 20.8 Å². The number of ketones is 1. The molecule has 1 atom stereocenters. The van der Waals surface area contributed by atoms with E-state index >= 15 is 0 Å². The molecule has 94 valence electrons. The Kier molecular flexibility index (Phi) is 2.52. The van der Waals surface area contributed by atoms with Crippen molar-refractivity contribution in [3.8, 4) is 0 Å². The minimum absolute atomic E-state index is 0.0256. The second kappa shape index (κ2) is 3.55. The van der Waals surface area contributed by atoms with Gasteiger partial charge in [-0.1, -0.05) is 0 Å². The number of β-lactam (4-membered cyclic amide) rings is 1. The molecule has 17 heavy (non-hydrogen) atoms. The second-order valence-electron chi connectivity index (χ2n) is 5.73. The number of imide groups is 1. The first-order valence-electron chi connectivity index (χ1n) is 5.84. The van der Waals surface area contributed by atoms with Gasteiger partial charge in [-0.15, -0.1) is 0 Å². The zero-order valence-corrected chi connectivity index (χ0v) is 10.4. The molecule has 1 spiro atoms. The van der Waals surface area contributed by atoms with Crippen molar-refractivity contribution < 1.29 is 19.1 Å². The van der Waals surface area contributed by atoms with Crippen molar-refractivity contribution in [2.45, 2.75) is 45.6 Å². The molecule has 0 aromatic rings. The van der Waals surface area contributed by atoms with Crippen LogP contribution in [0.5, 0.6) is 0 Å². The first kappa shape index (κ1) is 12.1. The zero-order chi connectivity index (χ0) is 12.8. The number of hydrogen-bond acceptors (Lipinski definition) is 4. The highest BCUT2D eigenvalue weighted by Gasteiger charge is 2.61. The largest absolute Gasteiger partial charge is 0.443 e. The van der Waals surface area contributed by atoms with Gasteiger partial charge in [0.15, 0.2) is 0 Å². The van der Waals surface area contributed by atoms with Gasteiger partial charge < -0.3 is 4.74 Å². The van der Waals surface area contributed by atoms with E-state index in [1.807, 2.05) is 0 Å². The third-order valence-electron chi connectivity index (χ3n) is 3.24. The van der Waals surface area contributed by atoms with Crippen LogP contribution in [0.4, 0.5) is 4.79 Å². The SMILES string of the molecule is CC(C)(C)OC(=O)N1CC2(CCCC2=O)C1=O. The van der Waals surface area contributed by atoms with Crippen molar-refractivity contribution in [2.24, 2.45) is 5.41 Å². The molecular formula is C12H17NO4. The summed E-state index contributed by atoms with van der Waals surface area (Å²) in [7, 11) is 0. The minimum Gasteiger partial charge on any atom is -0.443 e. The van der Waals surface area contributed by atoms with Gasteiger partial charge in [0.1, 0.15) is 16.8 Å².